The minimum atomic E-state index is -0.526. The molecule has 4 fully saturated rings. The van der Waals surface area contributed by atoms with Crippen LogP contribution in [0.25, 0.3) is 0 Å². The predicted octanol–water partition coefficient (Wildman–Crippen LogP) is 1.91. The zero-order valence-electron chi connectivity index (χ0n) is 9.45. The van der Waals surface area contributed by atoms with Gasteiger partial charge in [0.2, 0.25) is 0 Å². The van der Waals surface area contributed by atoms with Crippen LogP contribution in [0.4, 0.5) is 0 Å². The van der Waals surface area contributed by atoms with Crippen LogP contribution < -0.4 is 5.32 Å². The molecule has 1 heterocycles. The van der Waals surface area contributed by atoms with Crippen molar-refractivity contribution in [3.05, 3.63) is 0 Å². The number of carboxylic acids is 1. The largest absolute Gasteiger partial charge is 0.481 e. The van der Waals surface area contributed by atoms with E-state index in [1.54, 1.807) is 0 Å². The maximum absolute atomic E-state index is 11.3. The van der Waals surface area contributed by atoms with Crippen LogP contribution in [-0.4, -0.2) is 24.2 Å². The molecule has 4 heteroatoms. The molecule has 92 valence electrons. The molecule has 3 aliphatic carbocycles. The molecule has 0 unspecified atom stereocenters. The number of rotatable bonds is 2. The minimum absolute atomic E-state index is 0. The molecule has 16 heavy (non-hydrogen) atoms. The van der Waals surface area contributed by atoms with E-state index in [-0.39, 0.29) is 23.7 Å². The van der Waals surface area contributed by atoms with Gasteiger partial charge in [-0.15, -0.1) is 12.4 Å². The fourth-order valence-corrected chi connectivity index (χ4v) is 4.49. The van der Waals surface area contributed by atoms with Crippen molar-refractivity contribution in [2.45, 2.75) is 32.1 Å². The van der Waals surface area contributed by atoms with E-state index < -0.39 is 5.97 Å². The fourth-order valence-electron chi connectivity index (χ4n) is 4.49. The lowest BCUT2D eigenvalue weighted by molar-refractivity contribution is -0.160. The Balaban J connectivity index is 0.000000963. The summed E-state index contributed by atoms with van der Waals surface area (Å²) in [6, 6.07) is 0. The van der Waals surface area contributed by atoms with Gasteiger partial charge >= 0.3 is 5.97 Å². The predicted molar refractivity (Wildman–Crippen MR) is 63.7 cm³/mol. The topological polar surface area (TPSA) is 49.3 Å². The summed E-state index contributed by atoms with van der Waals surface area (Å²) in [5, 5.41) is 12.7. The van der Waals surface area contributed by atoms with Crippen LogP contribution in [0.15, 0.2) is 0 Å². The normalized spacial score (nSPS) is 42.2. The molecule has 3 atom stereocenters. The van der Waals surface area contributed by atoms with Gasteiger partial charge in [-0.3, -0.25) is 4.79 Å². The van der Waals surface area contributed by atoms with Gasteiger partial charge in [0.25, 0.3) is 0 Å². The van der Waals surface area contributed by atoms with E-state index in [2.05, 4.69) is 5.32 Å². The van der Waals surface area contributed by atoms with Gasteiger partial charge < -0.3 is 10.4 Å². The first kappa shape index (κ1) is 12.2. The summed E-state index contributed by atoms with van der Waals surface area (Å²) in [4.78, 5) is 11.3. The number of carbonyl (C=O) groups is 1. The molecule has 0 aromatic carbocycles. The lowest BCUT2D eigenvalue weighted by atomic mass is 9.53. The number of fused-ring (bicyclic) bond motifs is 1. The first-order valence-electron chi connectivity index (χ1n) is 6.17. The summed E-state index contributed by atoms with van der Waals surface area (Å²) < 4.78 is 0. The molecule has 0 amide bonds. The number of carboxylic acid groups (broad SMARTS) is 1. The minimum Gasteiger partial charge on any atom is -0.481 e. The second-order valence-electron chi connectivity index (χ2n) is 5.58. The molecule has 4 aliphatic rings. The average Bonchev–Trinajstić information content (AvgIpc) is 2.76. The van der Waals surface area contributed by atoms with Crippen molar-refractivity contribution >= 4 is 18.4 Å². The third-order valence-electron chi connectivity index (χ3n) is 5.13. The Hall–Kier alpha value is -0.280. The molecule has 1 saturated heterocycles. The highest BCUT2D eigenvalue weighted by Crippen LogP contribution is 2.67. The number of aliphatic carboxylic acids is 1. The maximum Gasteiger partial charge on any atom is 0.307 e. The molecule has 3 saturated carbocycles. The summed E-state index contributed by atoms with van der Waals surface area (Å²) in [6.07, 6.45) is 5.93. The zero-order chi connectivity index (χ0) is 10.5. The molecule has 2 N–H and O–H groups in total. The third kappa shape index (κ3) is 1.48. The highest BCUT2D eigenvalue weighted by Gasteiger charge is 2.64. The summed E-state index contributed by atoms with van der Waals surface area (Å²) in [7, 11) is 0. The Morgan fingerprint density at radius 2 is 1.94 bits per heavy atom. The second kappa shape index (κ2) is 4.19. The van der Waals surface area contributed by atoms with E-state index in [9.17, 15) is 9.90 Å². The summed E-state index contributed by atoms with van der Waals surface area (Å²) >= 11 is 0. The third-order valence-corrected chi connectivity index (χ3v) is 5.13. The zero-order valence-corrected chi connectivity index (χ0v) is 10.3. The first-order valence-corrected chi connectivity index (χ1v) is 6.17. The van der Waals surface area contributed by atoms with E-state index in [1.807, 2.05) is 0 Å². The van der Waals surface area contributed by atoms with Gasteiger partial charge in [-0.1, -0.05) is 0 Å². The Labute approximate surface area is 102 Å². The van der Waals surface area contributed by atoms with Crippen LogP contribution in [-0.2, 0) is 4.79 Å². The van der Waals surface area contributed by atoms with E-state index in [0.29, 0.717) is 11.8 Å². The van der Waals surface area contributed by atoms with Gasteiger partial charge in [0.05, 0.1) is 5.92 Å². The molecule has 0 spiro atoms. The first-order chi connectivity index (χ1) is 7.24. The molecule has 2 bridgehead atoms. The number of hydrogen-bond donors (Lipinski definition) is 2. The Morgan fingerprint density at radius 3 is 2.50 bits per heavy atom. The molecule has 1 aliphatic heterocycles. The summed E-state index contributed by atoms with van der Waals surface area (Å²) in [5.74, 6) is 0.666. The van der Waals surface area contributed by atoms with Crippen molar-refractivity contribution in [2.24, 2.45) is 23.2 Å². The van der Waals surface area contributed by atoms with E-state index >= 15 is 0 Å². The van der Waals surface area contributed by atoms with Gasteiger partial charge in [0, 0.05) is 0 Å². The smallest absolute Gasteiger partial charge is 0.307 e. The Morgan fingerprint density at radius 1 is 1.25 bits per heavy atom. The van der Waals surface area contributed by atoms with E-state index in [1.165, 1.54) is 32.1 Å². The van der Waals surface area contributed by atoms with Gasteiger partial charge in [0.15, 0.2) is 0 Å². The molecule has 3 nitrogen and oxygen atoms in total. The SMILES string of the molecule is Cl.O=C(O)[C@@H]1[C@@H]2CC[C@@]1(C1CCNCC1)C2. The lowest BCUT2D eigenvalue weighted by Gasteiger charge is -2.51. The molecule has 0 aromatic heterocycles. The molecule has 0 radical (unpaired) electrons. The fraction of sp³-hybridized carbons (Fsp3) is 0.917. The van der Waals surface area contributed by atoms with Crippen LogP contribution in [0.1, 0.15) is 32.1 Å². The Bertz CT molecular complexity index is 287. The second-order valence-corrected chi connectivity index (χ2v) is 5.58. The Kier molecular flexibility index (Phi) is 3.19. The van der Waals surface area contributed by atoms with Crippen LogP contribution in [0, 0.1) is 23.2 Å². The average molecular weight is 246 g/mol. The van der Waals surface area contributed by atoms with E-state index in [0.717, 1.165) is 13.1 Å². The van der Waals surface area contributed by atoms with Crippen molar-refractivity contribution in [3.63, 3.8) is 0 Å². The van der Waals surface area contributed by atoms with Crippen molar-refractivity contribution in [1.29, 1.82) is 0 Å². The van der Waals surface area contributed by atoms with Gasteiger partial charge in [0.1, 0.15) is 0 Å². The van der Waals surface area contributed by atoms with Gasteiger partial charge in [-0.2, -0.15) is 0 Å². The van der Waals surface area contributed by atoms with Crippen LogP contribution in [0.3, 0.4) is 0 Å². The van der Waals surface area contributed by atoms with Crippen LogP contribution in [0.2, 0.25) is 0 Å². The number of piperidine rings is 1. The summed E-state index contributed by atoms with van der Waals surface area (Å²) in [6.45, 7) is 2.17. The lowest BCUT2D eigenvalue weighted by Crippen LogP contribution is -2.52. The van der Waals surface area contributed by atoms with Crippen LogP contribution in [0.5, 0.6) is 0 Å². The van der Waals surface area contributed by atoms with E-state index in [4.69, 9.17) is 0 Å². The van der Waals surface area contributed by atoms with Crippen molar-refractivity contribution in [1.82, 2.24) is 5.32 Å². The van der Waals surface area contributed by atoms with Crippen LogP contribution >= 0.6 is 12.4 Å². The van der Waals surface area contributed by atoms with Gasteiger partial charge in [-0.25, -0.2) is 0 Å². The number of nitrogens with one attached hydrogen (secondary N) is 1. The van der Waals surface area contributed by atoms with Crippen molar-refractivity contribution in [2.75, 3.05) is 13.1 Å². The van der Waals surface area contributed by atoms with Crippen molar-refractivity contribution < 1.29 is 9.90 Å². The summed E-state index contributed by atoms with van der Waals surface area (Å²) in [5.41, 5.74) is 0.207. The standard InChI is InChI=1S/C12H19NO2.ClH/c14-11(15)10-8-1-4-12(10,7-8)9-2-5-13-6-3-9;/h8-10,13H,1-7H2,(H,14,15);1H/t8-,10+,12+;/m1./s1. The maximum atomic E-state index is 11.3. The molecular formula is C12H20ClNO2. The van der Waals surface area contributed by atoms with Crippen molar-refractivity contribution in [3.8, 4) is 0 Å². The highest BCUT2D eigenvalue weighted by atomic mass is 35.5. The molecule has 4 rings (SSSR count). The number of hydrogen-bond acceptors (Lipinski definition) is 2. The van der Waals surface area contributed by atoms with Gasteiger partial charge in [-0.05, 0) is 62.4 Å². The number of halogens is 1. The quantitative estimate of drug-likeness (QED) is 0.782. The monoisotopic (exact) mass is 245 g/mol. The molecule has 0 aromatic rings. The highest BCUT2D eigenvalue weighted by molar-refractivity contribution is 5.85. The molecular weight excluding hydrogens is 226 g/mol.